The lowest BCUT2D eigenvalue weighted by Gasteiger charge is -2.29. The molecule has 2 unspecified atom stereocenters. The molecule has 2 amide bonds. The van der Waals surface area contributed by atoms with E-state index in [1.807, 2.05) is 0 Å². The van der Waals surface area contributed by atoms with Gasteiger partial charge in [-0.25, -0.2) is 8.42 Å². The summed E-state index contributed by atoms with van der Waals surface area (Å²) >= 11 is 0. The van der Waals surface area contributed by atoms with Crippen LogP contribution in [0.1, 0.15) is 30.1 Å². The molecule has 28 heavy (non-hydrogen) atoms. The quantitative estimate of drug-likeness (QED) is 0.738. The van der Waals surface area contributed by atoms with Gasteiger partial charge in [0.05, 0.1) is 17.6 Å². The van der Waals surface area contributed by atoms with Crippen LogP contribution in [-0.4, -0.2) is 75.1 Å². The van der Waals surface area contributed by atoms with Crippen molar-refractivity contribution >= 4 is 21.7 Å². The van der Waals surface area contributed by atoms with E-state index < -0.39 is 15.9 Å². The molecule has 1 aromatic carbocycles. The van der Waals surface area contributed by atoms with Crippen LogP contribution >= 0.6 is 0 Å². The lowest BCUT2D eigenvalue weighted by atomic mass is 10.2. The van der Waals surface area contributed by atoms with Crippen LogP contribution in [-0.2, 0) is 19.4 Å². The minimum Gasteiger partial charge on any atom is -0.491 e. The van der Waals surface area contributed by atoms with E-state index in [4.69, 9.17) is 9.47 Å². The summed E-state index contributed by atoms with van der Waals surface area (Å²) in [7, 11) is -3.06. The first-order chi connectivity index (χ1) is 13.3. The second-order valence-corrected chi connectivity index (χ2v) is 9.45. The average molecular weight is 410 g/mol. The van der Waals surface area contributed by atoms with Crippen LogP contribution in [0, 0.1) is 0 Å². The van der Waals surface area contributed by atoms with Crippen molar-refractivity contribution in [1.82, 2.24) is 10.2 Å². The minimum absolute atomic E-state index is 0.0350. The summed E-state index contributed by atoms with van der Waals surface area (Å²) in [4.78, 5) is 26.3. The molecular formula is C19H26N2O6S. The average Bonchev–Trinajstić information content (AvgIpc) is 3.20. The number of amides is 2. The number of benzene rings is 1. The number of rotatable bonds is 6. The molecule has 0 saturated carbocycles. The third kappa shape index (κ3) is 5.45. The Hall–Kier alpha value is -2.13. The Morgan fingerprint density at radius 2 is 1.93 bits per heavy atom. The number of carbonyl (C=O) groups is 2. The van der Waals surface area contributed by atoms with Crippen LogP contribution < -0.4 is 10.1 Å². The van der Waals surface area contributed by atoms with E-state index in [0.717, 1.165) is 19.4 Å². The normalized spacial score (nSPS) is 22.5. The Balaban J connectivity index is 1.48. The molecule has 0 spiro atoms. The molecule has 3 rings (SSSR count). The summed E-state index contributed by atoms with van der Waals surface area (Å²) in [6, 6.07) is 5.98. The van der Waals surface area contributed by atoms with Gasteiger partial charge < -0.3 is 19.7 Å². The van der Waals surface area contributed by atoms with Gasteiger partial charge in [-0.3, -0.25) is 9.59 Å². The van der Waals surface area contributed by atoms with Crippen LogP contribution in [0.15, 0.2) is 24.3 Å². The fraction of sp³-hybridized carbons (Fsp3) is 0.579. The second-order valence-electron chi connectivity index (χ2n) is 7.14. The zero-order chi connectivity index (χ0) is 20.1. The van der Waals surface area contributed by atoms with E-state index in [1.165, 1.54) is 4.90 Å². The van der Waals surface area contributed by atoms with Crippen molar-refractivity contribution in [3.63, 3.8) is 0 Å². The standard InChI is InChI=1S/C19H26N2O6S/c1-14(19(23)21-8-11-28(24,25)12-9-21)20-18(22)15-4-6-16(7-5-15)27-13-17-3-2-10-26-17/h4-7,14,17H,2-3,8-13H2,1H3,(H,20,22). The smallest absolute Gasteiger partial charge is 0.251 e. The topological polar surface area (TPSA) is 102 Å². The first-order valence-corrected chi connectivity index (χ1v) is 11.3. The fourth-order valence-corrected chi connectivity index (χ4v) is 4.42. The molecule has 8 nitrogen and oxygen atoms in total. The third-order valence-corrected chi connectivity index (χ3v) is 6.56. The Morgan fingerprint density at radius 3 is 2.54 bits per heavy atom. The predicted molar refractivity (Wildman–Crippen MR) is 103 cm³/mol. The summed E-state index contributed by atoms with van der Waals surface area (Å²) in [6.45, 7) is 3.19. The van der Waals surface area contributed by atoms with Gasteiger partial charge in [-0.15, -0.1) is 0 Å². The van der Waals surface area contributed by atoms with Gasteiger partial charge in [-0.2, -0.15) is 0 Å². The maximum absolute atomic E-state index is 12.4. The molecule has 0 radical (unpaired) electrons. The Bertz CT molecular complexity index is 788. The van der Waals surface area contributed by atoms with E-state index in [2.05, 4.69) is 5.32 Å². The molecule has 2 atom stereocenters. The first-order valence-electron chi connectivity index (χ1n) is 9.48. The fourth-order valence-electron chi connectivity index (χ4n) is 3.22. The van der Waals surface area contributed by atoms with Gasteiger partial charge in [0, 0.05) is 25.3 Å². The Kier molecular flexibility index (Phi) is 6.56. The molecule has 1 N–H and O–H groups in total. The van der Waals surface area contributed by atoms with E-state index in [1.54, 1.807) is 31.2 Å². The van der Waals surface area contributed by atoms with Crippen molar-refractivity contribution in [2.45, 2.75) is 31.9 Å². The van der Waals surface area contributed by atoms with Crippen LogP contribution in [0.3, 0.4) is 0 Å². The van der Waals surface area contributed by atoms with Gasteiger partial charge in [0.15, 0.2) is 9.84 Å². The van der Waals surface area contributed by atoms with Gasteiger partial charge in [0.1, 0.15) is 18.4 Å². The molecule has 2 aliphatic rings. The summed E-state index contributed by atoms with van der Waals surface area (Å²) < 4.78 is 34.1. The second kappa shape index (κ2) is 8.91. The summed E-state index contributed by atoms with van der Waals surface area (Å²) in [5, 5.41) is 2.67. The third-order valence-electron chi connectivity index (χ3n) is 4.95. The van der Waals surface area contributed by atoms with Gasteiger partial charge in [0.25, 0.3) is 5.91 Å². The van der Waals surface area contributed by atoms with Crippen LogP contribution in [0.25, 0.3) is 0 Å². The molecule has 1 aromatic rings. The first kappa shape index (κ1) is 20.6. The van der Waals surface area contributed by atoms with Gasteiger partial charge >= 0.3 is 0 Å². The molecule has 2 fully saturated rings. The molecular weight excluding hydrogens is 384 g/mol. The number of nitrogens with zero attached hydrogens (tertiary/aromatic N) is 1. The monoisotopic (exact) mass is 410 g/mol. The number of nitrogens with one attached hydrogen (secondary N) is 1. The molecule has 2 aliphatic heterocycles. The number of hydrogen-bond acceptors (Lipinski definition) is 6. The molecule has 2 saturated heterocycles. The minimum atomic E-state index is -3.06. The molecule has 9 heteroatoms. The van der Waals surface area contributed by atoms with Crippen molar-refractivity contribution < 1.29 is 27.5 Å². The highest BCUT2D eigenvalue weighted by atomic mass is 32.2. The van der Waals surface area contributed by atoms with Crippen molar-refractivity contribution in [2.75, 3.05) is 37.8 Å². The maximum atomic E-state index is 12.4. The highest BCUT2D eigenvalue weighted by Gasteiger charge is 2.28. The molecule has 154 valence electrons. The van der Waals surface area contributed by atoms with Gasteiger partial charge in [-0.1, -0.05) is 0 Å². The molecule has 2 heterocycles. The zero-order valence-electron chi connectivity index (χ0n) is 15.9. The SMILES string of the molecule is CC(NC(=O)c1ccc(OCC2CCCO2)cc1)C(=O)N1CCS(=O)(=O)CC1. The van der Waals surface area contributed by atoms with Gasteiger partial charge in [-0.05, 0) is 44.0 Å². The number of ether oxygens (including phenoxy) is 2. The van der Waals surface area contributed by atoms with E-state index in [9.17, 15) is 18.0 Å². The van der Waals surface area contributed by atoms with Crippen LogP contribution in [0.5, 0.6) is 5.75 Å². The molecule has 0 aliphatic carbocycles. The summed E-state index contributed by atoms with van der Waals surface area (Å²) in [5.74, 6) is -0.0545. The maximum Gasteiger partial charge on any atom is 0.251 e. The predicted octanol–water partition coefficient (Wildman–Crippen LogP) is 0.620. The van der Waals surface area contributed by atoms with Crippen LogP contribution in [0.2, 0.25) is 0 Å². The summed E-state index contributed by atoms with van der Waals surface area (Å²) in [5.41, 5.74) is 0.422. The Labute approximate surface area is 165 Å². The highest BCUT2D eigenvalue weighted by Crippen LogP contribution is 2.17. The number of carbonyl (C=O) groups excluding carboxylic acids is 2. The van der Waals surface area contributed by atoms with Gasteiger partial charge in [0.2, 0.25) is 5.91 Å². The Morgan fingerprint density at radius 1 is 1.25 bits per heavy atom. The number of sulfone groups is 1. The van der Waals surface area contributed by atoms with E-state index in [0.29, 0.717) is 17.9 Å². The van der Waals surface area contributed by atoms with E-state index >= 15 is 0 Å². The molecule has 0 bridgehead atoms. The van der Waals surface area contributed by atoms with E-state index in [-0.39, 0.29) is 42.5 Å². The molecule has 0 aromatic heterocycles. The zero-order valence-corrected chi connectivity index (χ0v) is 16.7. The van der Waals surface area contributed by atoms with Crippen LogP contribution in [0.4, 0.5) is 0 Å². The van der Waals surface area contributed by atoms with Crippen molar-refractivity contribution in [2.24, 2.45) is 0 Å². The lowest BCUT2D eigenvalue weighted by molar-refractivity contribution is -0.132. The van der Waals surface area contributed by atoms with Crippen molar-refractivity contribution in [3.05, 3.63) is 29.8 Å². The number of hydrogen-bond donors (Lipinski definition) is 1. The lowest BCUT2D eigenvalue weighted by Crippen LogP contribution is -2.51. The highest BCUT2D eigenvalue weighted by molar-refractivity contribution is 7.91. The summed E-state index contributed by atoms with van der Waals surface area (Å²) in [6.07, 6.45) is 2.17. The van der Waals surface area contributed by atoms with Crippen molar-refractivity contribution in [3.8, 4) is 5.75 Å². The van der Waals surface area contributed by atoms with Crippen molar-refractivity contribution in [1.29, 1.82) is 0 Å². The largest absolute Gasteiger partial charge is 0.491 e.